The molecule has 0 heterocycles. The molecular formula is C19H22N2O2S. The molecule has 126 valence electrons. The van der Waals surface area contributed by atoms with E-state index in [0.717, 1.165) is 35.2 Å². The molecule has 1 atom stereocenters. The number of carbonyl (C=O) groups excluding carboxylic acids is 1. The fourth-order valence-electron chi connectivity index (χ4n) is 2.36. The zero-order valence-electron chi connectivity index (χ0n) is 13.7. The van der Waals surface area contributed by atoms with Crippen molar-refractivity contribution in [1.29, 1.82) is 0 Å². The molecule has 2 aromatic carbocycles. The topological polar surface area (TPSA) is 61.4 Å². The van der Waals surface area contributed by atoms with Gasteiger partial charge in [-0.3, -0.25) is 0 Å². The molecule has 0 radical (unpaired) electrons. The average molecular weight is 342 g/mol. The number of carbonyl (C=O) groups is 1. The van der Waals surface area contributed by atoms with E-state index in [0.29, 0.717) is 11.5 Å². The Morgan fingerprint density at radius 1 is 1.21 bits per heavy atom. The van der Waals surface area contributed by atoms with Gasteiger partial charge in [-0.15, -0.1) is 0 Å². The van der Waals surface area contributed by atoms with Gasteiger partial charge in [-0.2, -0.15) is 0 Å². The molecule has 0 aliphatic rings. The lowest BCUT2D eigenvalue weighted by Gasteiger charge is -2.13. The summed E-state index contributed by atoms with van der Waals surface area (Å²) >= 11 is 5.36. The van der Waals surface area contributed by atoms with Crippen LogP contribution >= 0.6 is 12.2 Å². The van der Waals surface area contributed by atoms with Gasteiger partial charge in [0.25, 0.3) is 0 Å². The third-order valence-electron chi connectivity index (χ3n) is 3.81. The molecule has 0 bridgehead atoms. The quantitative estimate of drug-likeness (QED) is 0.531. The molecule has 0 fully saturated rings. The summed E-state index contributed by atoms with van der Waals surface area (Å²) in [6.45, 7) is 1.92. The van der Waals surface area contributed by atoms with Crippen LogP contribution in [0.15, 0.2) is 48.5 Å². The summed E-state index contributed by atoms with van der Waals surface area (Å²) < 4.78 is 0. The van der Waals surface area contributed by atoms with Gasteiger partial charge in [0.05, 0.1) is 6.61 Å². The van der Waals surface area contributed by atoms with Crippen molar-refractivity contribution in [2.45, 2.75) is 19.8 Å². The van der Waals surface area contributed by atoms with Crippen LogP contribution in [0.1, 0.15) is 17.5 Å². The van der Waals surface area contributed by atoms with Crippen molar-refractivity contribution in [3.63, 3.8) is 0 Å². The number of thiocarbonyl (C=S) groups is 1. The van der Waals surface area contributed by atoms with Crippen molar-refractivity contribution in [1.82, 2.24) is 0 Å². The van der Waals surface area contributed by atoms with Gasteiger partial charge in [0.15, 0.2) is 5.11 Å². The summed E-state index contributed by atoms with van der Waals surface area (Å²) in [7, 11) is 0. The highest BCUT2D eigenvalue weighted by atomic mass is 32.1. The maximum Gasteiger partial charge on any atom is 0.175 e. The second-order valence-electron chi connectivity index (χ2n) is 5.71. The van der Waals surface area contributed by atoms with Gasteiger partial charge in [-0.1, -0.05) is 30.3 Å². The maximum atomic E-state index is 10.8. The summed E-state index contributed by atoms with van der Waals surface area (Å²) in [5, 5.41) is 16.0. The van der Waals surface area contributed by atoms with Gasteiger partial charge >= 0.3 is 0 Å². The number of para-hydroxylation sites is 1. The number of aliphatic hydroxyl groups is 1. The third kappa shape index (κ3) is 5.44. The fraction of sp³-hybridized carbons (Fsp3) is 0.263. The van der Waals surface area contributed by atoms with Crippen LogP contribution in [0.3, 0.4) is 0 Å². The highest BCUT2D eigenvalue weighted by Crippen LogP contribution is 2.16. The lowest BCUT2D eigenvalue weighted by atomic mass is 10.0. The third-order valence-corrected chi connectivity index (χ3v) is 4.01. The minimum absolute atomic E-state index is 0.105. The molecular weight excluding hydrogens is 320 g/mol. The lowest BCUT2D eigenvalue weighted by Crippen LogP contribution is -2.19. The van der Waals surface area contributed by atoms with Crippen LogP contribution in [-0.2, 0) is 11.2 Å². The van der Waals surface area contributed by atoms with Gasteiger partial charge in [0.2, 0.25) is 0 Å². The molecule has 0 saturated carbocycles. The smallest absolute Gasteiger partial charge is 0.175 e. The summed E-state index contributed by atoms with van der Waals surface area (Å²) in [4.78, 5) is 10.8. The monoisotopic (exact) mass is 342 g/mol. The number of aldehydes is 1. The molecule has 24 heavy (non-hydrogen) atoms. The highest BCUT2D eigenvalue weighted by Gasteiger charge is 2.07. The van der Waals surface area contributed by atoms with Crippen LogP contribution in [0.25, 0.3) is 0 Å². The Balaban J connectivity index is 1.95. The molecule has 0 amide bonds. The maximum absolute atomic E-state index is 10.8. The van der Waals surface area contributed by atoms with E-state index >= 15 is 0 Å². The van der Waals surface area contributed by atoms with E-state index in [9.17, 15) is 4.79 Å². The summed E-state index contributed by atoms with van der Waals surface area (Å²) in [5.74, 6) is -0.301. The standard InChI is InChI=1S/C19H22N2O2S/c1-14-5-2-3-8-18(14)21-19(24)20-17-7-4-6-15(11-17)9-10-16(12-22)13-23/h2-8,11-12,16,23H,9-10,13H2,1H3,(H2,20,21,24). The molecule has 4 nitrogen and oxygen atoms in total. The zero-order valence-corrected chi connectivity index (χ0v) is 14.5. The number of rotatable bonds is 7. The lowest BCUT2D eigenvalue weighted by molar-refractivity contribution is -0.112. The van der Waals surface area contributed by atoms with E-state index in [1.54, 1.807) is 0 Å². The molecule has 5 heteroatoms. The minimum atomic E-state index is -0.301. The molecule has 2 rings (SSSR count). The summed E-state index contributed by atoms with van der Waals surface area (Å²) in [6.07, 6.45) is 2.18. The average Bonchev–Trinajstić information content (AvgIpc) is 2.58. The van der Waals surface area contributed by atoms with Gasteiger partial charge in [0.1, 0.15) is 6.29 Å². The van der Waals surface area contributed by atoms with Crippen molar-refractivity contribution in [3.8, 4) is 0 Å². The first-order chi connectivity index (χ1) is 11.6. The Hall–Kier alpha value is -2.24. The Kier molecular flexibility index (Phi) is 6.90. The van der Waals surface area contributed by atoms with E-state index in [2.05, 4.69) is 10.6 Å². The van der Waals surface area contributed by atoms with E-state index in [1.165, 1.54) is 0 Å². The largest absolute Gasteiger partial charge is 0.396 e. The van der Waals surface area contributed by atoms with E-state index < -0.39 is 0 Å². The first-order valence-corrected chi connectivity index (χ1v) is 8.32. The first-order valence-electron chi connectivity index (χ1n) is 7.91. The number of anilines is 2. The second-order valence-corrected chi connectivity index (χ2v) is 6.12. The number of hydrogen-bond donors (Lipinski definition) is 3. The first kappa shape index (κ1) is 18.1. The Bertz CT molecular complexity index is 703. The van der Waals surface area contributed by atoms with Gasteiger partial charge in [-0.25, -0.2) is 0 Å². The van der Waals surface area contributed by atoms with E-state index in [1.807, 2.05) is 55.5 Å². The minimum Gasteiger partial charge on any atom is -0.396 e. The number of aliphatic hydroxyl groups excluding tert-OH is 1. The molecule has 1 unspecified atom stereocenters. The van der Waals surface area contributed by atoms with Crippen molar-refractivity contribution in [2.75, 3.05) is 17.2 Å². The second kappa shape index (κ2) is 9.15. The SMILES string of the molecule is Cc1ccccc1NC(=S)Nc1cccc(CCC(C=O)CO)c1. The number of nitrogens with one attached hydrogen (secondary N) is 2. The van der Waals surface area contributed by atoms with E-state index in [4.69, 9.17) is 17.3 Å². The van der Waals surface area contributed by atoms with Crippen molar-refractivity contribution in [3.05, 3.63) is 59.7 Å². The predicted octanol–water partition coefficient (Wildman–Crippen LogP) is 3.54. The summed E-state index contributed by atoms with van der Waals surface area (Å²) in [5.41, 5.74) is 4.09. The van der Waals surface area contributed by atoms with Crippen LogP contribution in [0, 0.1) is 12.8 Å². The molecule has 0 aromatic heterocycles. The predicted molar refractivity (Wildman–Crippen MR) is 102 cm³/mol. The Morgan fingerprint density at radius 2 is 2.00 bits per heavy atom. The molecule has 3 N–H and O–H groups in total. The van der Waals surface area contributed by atoms with Crippen molar-refractivity contribution in [2.24, 2.45) is 5.92 Å². The van der Waals surface area contributed by atoms with Crippen molar-refractivity contribution < 1.29 is 9.90 Å². The summed E-state index contributed by atoms with van der Waals surface area (Å²) in [6, 6.07) is 15.8. The Morgan fingerprint density at radius 3 is 2.71 bits per heavy atom. The van der Waals surface area contributed by atoms with E-state index in [-0.39, 0.29) is 12.5 Å². The van der Waals surface area contributed by atoms with Crippen LogP contribution in [0.5, 0.6) is 0 Å². The van der Waals surface area contributed by atoms with Crippen LogP contribution in [-0.4, -0.2) is 23.1 Å². The number of aryl methyl sites for hydroxylation is 2. The van der Waals surface area contributed by atoms with Gasteiger partial charge < -0.3 is 20.5 Å². The fourth-order valence-corrected chi connectivity index (χ4v) is 2.58. The van der Waals surface area contributed by atoms with Crippen LogP contribution in [0.4, 0.5) is 11.4 Å². The molecule has 0 spiro atoms. The van der Waals surface area contributed by atoms with Gasteiger partial charge in [-0.05, 0) is 61.3 Å². The van der Waals surface area contributed by atoms with Crippen LogP contribution < -0.4 is 10.6 Å². The normalized spacial score (nSPS) is 11.6. The molecule has 2 aromatic rings. The number of hydrogen-bond acceptors (Lipinski definition) is 3. The number of benzene rings is 2. The molecule has 0 aliphatic carbocycles. The van der Waals surface area contributed by atoms with Gasteiger partial charge in [0, 0.05) is 17.3 Å². The highest BCUT2D eigenvalue weighted by molar-refractivity contribution is 7.80. The molecule has 0 saturated heterocycles. The molecule has 0 aliphatic heterocycles. The zero-order chi connectivity index (χ0) is 17.4. The Labute approximate surface area is 147 Å². The van der Waals surface area contributed by atoms with Crippen LogP contribution in [0.2, 0.25) is 0 Å². The van der Waals surface area contributed by atoms with Crippen molar-refractivity contribution >= 4 is 35.0 Å².